The molecule has 0 spiro atoms. The van der Waals surface area contributed by atoms with Crippen LogP contribution in [-0.4, -0.2) is 42.9 Å². The zero-order valence-electron chi connectivity index (χ0n) is 12.8. The zero-order valence-corrected chi connectivity index (χ0v) is 12.8. The molecular formula is C15H23N3O2. The van der Waals surface area contributed by atoms with Crippen LogP contribution in [0.5, 0.6) is 0 Å². The van der Waals surface area contributed by atoms with Gasteiger partial charge in [0.1, 0.15) is 0 Å². The summed E-state index contributed by atoms with van der Waals surface area (Å²) in [7, 11) is 3.67. The summed E-state index contributed by atoms with van der Waals surface area (Å²) in [4.78, 5) is 25.3. The number of carbonyl (C=O) groups is 2. The molecule has 1 rings (SSSR count). The van der Waals surface area contributed by atoms with Gasteiger partial charge in [-0.05, 0) is 59.1 Å². The molecule has 5 nitrogen and oxygen atoms in total. The third kappa shape index (κ3) is 5.84. The summed E-state index contributed by atoms with van der Waals surface area (Å²) in [5, 5.41) is 5.66. The van der Waals surface area contributed by atoms with Gasteiger partial charge in [0.15, 0.2) is 0 Å². The smallest absolute Gasteiger partial charge is 0.251 e. The van der Waals surface area contributed by atoms with Crippen LogP contribution in [0.1, 0.15) is 31.1 Å². The van der Waals surface area contributed by atoms with Crippen molar-refractivity contribution in [1.82, 2.24) is 10.2 Å². The van der Waals surface area contributed by atoms with Crippen LogP contribution < -0.4 is 10.6 Å². The Morgan fingerprint density at radius 3 is 2.10 bits per heavy atom. The van der Waals surface area contributed by atoms with Crippen LogP contribution in [0.25, 0.3) is 0 Å². The summed E-state index contributed by atoms with van der Waals surface area (Å²) in [6.07, 6.45) is 0. The molecule has 0 radical (unpaired) electrons. The molecule has 0 aliphatic carbocycles. The van der Waals surface area contributed by atoms with E-state index in [4.69, 9.17) is 0 Å². The number of anilines is 1. The number of benzene rings is 1. The Balaban J connectivity index is 2.65. The van der Waals surface area contributed by atoms with Gasteiger partial charge in [-0.2, -0.15) is 0 Å². The second-order valence-corrected chi connectivity index (χ2v) is 6.07. The molecule has 1 aromatic rings. The molecule has 2 N–H and O–H groups in total. The third-order valence-corrected chi connectivity index (χ3v) is 2.38. The van der Waals surface area contributed by atoms with Gasteiger partial charge < -0.3 is 15.5 Å². The molecule has 5 heteroatoms. The lowest BCUT2D eigenvalue weighted by Gasteiger charge is -2.20. The predicted octanol–water partition coefficient (Wildman–Crippen LogP) is 1.71. The number of likely N-dealkylation sites (N-methyl/N-ethyl adjacent to an activating group) is 1. The van der Waals surface area contributed by atoms with E-state index < -0.39 is 0 Å². The maximum Gasteiger partial charge on any atom is 0.251 e. The minimum Gasteiger partial charge on any atom is -0.347 e. The van der Waals surface area contributed by atoms with Crippen LogP contribution in [0.3, 0.4) is 0 Å². The van der Waals surface area contributed by atoms with Crippen molar-refractivity contribution in [2.45, 2.75) is 26.3 Å². The van der Waals surface area contributed by atoms with E-state index in [0.717, 1.165) is 0 Å². The van der Waals surface area contributed by atoms with E-state index in [-0.39, 0.29) is 17.4 Å². The molecule has 0 heterocycles. The van der Waals surface area contributed by atoms with Crippen molar-refractivity contribution >= 4 is 17.5 Å². The number of carbonyl (C=O) groups excluding carboxylic acids is 2. The first kappa shape index (κ1) is 16.2. The van der Waals surface area contributed by atoms with Crippen LogP contribution in [0.2, 0.25) is 0 Å². The highest BCUT2D eigenvalue weighted by atomic mass is 16.2. The summed E-state index contributed by atoms with van der Waals surface area (Å²) in [6, 6.07) is 6.86. The van der Waals surface area contributed by atoms with Gasteiger partial charge >= 0.3 is 0 Å². The Hall–Kier alpha value is -1.88. The molecule has 0 aromatic heterocycles. The topological polar surface area (TPSA) is 61.4 Å². The zero-order chi connectivity index (χ0) is 15.3. The number of hydrogen-bond donors (Lipinski definition) is 2. The SMILES string of the molecule is CN(C)CC(=O)Nc1ccc(C(=O)NC(C)(C)C)cc1. The van der Waals surface area contributed by atoms with Crippen LogP contribution in [0, 0.1) is 0 Å². The summed E-state index contributed by atoms with van der Waals surface area (Å²) in [6.45, 7) is 6.12. The summed E-state index contributed by atoms with van der Waals surface area (Å²) in [5.41, 5.74) is 0.991. The molecule has 20 heavy (non-hydrogen) atoms. The highest BCUT2D eigenvalue weighted by Crippen LogP contribution is 2.11. The van der Waals surface area contributed by atoms with E-state index in [9.17, 15) is 9.59 Å². The van der Waals surface area contributed by atoms with Gasteiger partial charge in [0.05, 0.1) is 6.54 Å². The number of nitrogens with zero attached hydrogens (tertiary/aromatic N) is 1. The number of amides is 2. The van der Waals surface area contributed by atoms with Crippen molar-refractivity contribution in [2.24, 2.45) is 0 Å². The lowest BCUT2D eigenvalue weighted by molar-refractivity contribution is -0.116. The minimum absolute atomic E-state index is 0.0816. The number of rotatable bonds is 4. The highest BCUT2D eigenvalue weighted by molar-refractivity contribution is 5.96. The maximum absolute atomic E-state index is 11.9. The summed E-state index contributed by atoms with van der Waals surface area (Å²) >= 11 is 0. The fourth-order valence-corrected chi connectivity index (χ4v) is 1.61. The van der Waals surface area contributed by atoms with Crippen molar-refractivity contribution in [3.05, 3.63) is 29.8 Å². The Morgan fingerprint density at radius 1 is 1.10 bits per heavy atom. The lowest BCUT2D eigenvalue weighted by atomic mass is 10.1. The van der Waals surface area contributed by atoms with Crippen molar-refractivity contribution < 1.29 is 9.59 Å². The number of hydrogen-bond acceptors (Lipinski definition) is 3. The predicted molar refractivity (Wildman–Crippen MR) is 80.8 cm³/mol. The minimum atomic E-state index is -0.268. The third-order valence-electron chi connectivity index (χ3n) is 2.38. The molecule has 0 aliphatic heterocycles. The maximum atomic E-state index is 11.9. The Kier molecular flexibility index (Phi) is 5.27. The first-order chi connectivity index (χ1) is 9.17. The second kappa shape index (κ2) is 6.52. The summed E-state index contributed by atoms with van der Waals surface area (Å²) in [5.74, 6) is -0.203. The molecule has 0 saturated carbocycles. The van der Waals surface area contributed by atoms with E-state index in [1.54, 1.807) is 29.2 Å². The number of nitrogens with one attached hydrogen (secondary N) is 2. The first-order valence-corrected chi connectivity index (χ1v) is 6.54. The van der Waals surface area contributed by atoms with Gasteiger partial charge in [-0.3, -0.25) is 9.59 Å². The summed E-state index contributed by atoms with van der Waals surface area (Å²) < 4.78 is 0. The van der Waals surface area contributed by atoms with Crippen LogP contribution in [0.4, 0.5) is 5.69 Å². The van der Waals surface area contributed by atoms with E-state index in [1.807, 2.05) is 34.9 Å². The van der Waals surface area contributed by atoms with Crippen molar-refractivity contribution in [2.75, 3.05) is 26.0 Å². The van der Waals surface area contributed by atoms with Crippen molar-refractivity contribution in [3.8, 4) is 0 Å². The van der Waals surface area contributed by atoms with E-state index >= 15 is 0 Å². The van der Waals surface area contributed by atoms with Gasteiger partial charge in [-0.15, -0.1) is 0 Å². The van der Waals surface area contributed by atoms with Gasteiger partial charge in [-0.1, -0.05) is 0 Å². The van der Waals surface area contributed by atoms with Crippen molar-refractivity contribution in [3.63, 3.8) is 0 Å². The van der Waals surface area contributed by atoms with Crippen LogP contribution in [0.15, 0.2) is 24.3 Å². The van der Waals surface area contributed by atoms with Gasteiger partial charge in [-0.25, -0.2) is 0 Å². The molecule has 0 atom stereocenters. The normalized spacial score (nSPS) is 11.3. The molecule has 1 aromatic carbocycles. The van der Waals surface area contributed by atoms with Crippen LogP contribution >= 0.6 is 0 Å². The monoisotopic (exact) mass is 277 g/mol. The fraction of sp³-hybridized carbons (Fsp3) is 0.467. The van der Waals surface area contributed by atoms with Crippen LogP contribution in [-0.2, 0) is 4.79 Å². The highest BCUT2D eigenvalue weighted by Gasteiger charge is 2.15. The molecule has 0 saturated heterocycles. The quantitative estimate of drug-likeness (QED) is 0.881. The average Bonchev–Trinajstić information content (AvgIpc) is 2.26. The Labute approximate surface area is 120 Å². The first-order valence-electron chi connectivity index (χ1n) is 6.54. The molecule has 0 fully saturated rings. The second-order valence-electron chi connectivity index (χ2n) is 6.07. The standard InChI is InChI=1S/C15H23N3O2/c1-15(2,3)17-14(20)11-6-8-12(9-7-11)16-13(19)10-18(4)5/h6-9H,10H2,1-5H3,(H,16,19)(H,17,20). The molecule has 0 aliphatic rings. The van der Waals surface area contributed by atoms with Crippen molar-refractivity contribution in [1.29, 1.82) is 0 Å². The molecular weight excluding hydrogens is 254 g/mol. The van der Waals surface area contributed by atoms with E-state index in [0.29, 0.717) is 17.8 Å². The van der Waals surface area contributed by atoms with Gasteiger partial charge in [0, 0.05) is 16.8 Å². The van der Waals surface area contributed by atoms with Gasteiger partial charge in [0.25, 0.3) is 5.91 Å². The Bertz CT molecular complexity index is 473. The average molecular weight is 277 g/mol. The molecule has 0 bridgehead atoms. The molecule has 2 amide bonds. The fourth-order valence-electron chi connectivity index (χ4n) is 1.61. The van der Waals surface area contributed by atoms with E-state index in [1.165, 1.54) is 0 Å². The largest absolute Gasteiger partial charge is 0.347 e. The molecule has 110 valence electrons. The lowest BCUT2D eigenvalue weighted by Crippen LogP contribution is -2.40. The van der Waals surface area contributed by atoms with Gasteiger partial charge in [0.2, 0.25) is 5.91 Å². The molecule has 0 unspecified atom stereocenters. The van der Waals surface area contributed by atoms with E-state index in [2.05, 4.69) is 10.6 Å². The Morgan fingerprint density at radius 2 is 1.65 bits per heavy atom.